The maximum Gasteiger partial charge on any atom is 0.261 e. The maximum atomic E-state index is 12.6. The van der Waals surface area contributed by atoms with Gasteiger partial charge in [0.05, 0.1) is 6.54 Å². The standard InChI is InChI=1S/C7H13F2NS/c1-11-5-4-10-3-2-7(8,9)6-10/h2-6H2,1H3. The number of nitrogens with zero attached hydrogens (tertiary/aromatic N) is 1. The van der Waals surface area contributed by atoms with Crippen LogP contribution in [0.4, 0.5) is 8.78 Å². The summed E-state index contributed by atoms with van der Waals surface area (Å²) in [5.41, 5.74) is 0. The number of rotatable bonds is 3. The first kappa shape index (κ1) is 9.26. The summed E-state index contributed by atoms with van der Waals surface area (Å²) in [5.74, 6) is -1.46. The Morgan fingerprint density at radius 1 is 1.55 bits per heavy atom. The van der Waals surface area contributed by atoms with E-state index in [1.807, 2.05) is 11.2 Å². The van der Waals surface area contributed by atoms with Crippen molar-refractivity contribution in [2.75, 3.05) is 31.6 Å². The first-order chi connectivity index (χ1) is 5.14. The monoisotopic (exact) mass is 181 g/mol. The topological polar surface area (TPSA) is 3.24 Å². The molecular weight excluding hydrogens is 168 g/mol. The highest BCUT2D eigenvalue weighted by Gasteiger charge is 2.37. The van der Waals surface area contributed by atoms with Crippen LogP contribution in [-0.2, 0) is 0 Å². The van der Waals surface area contributed by atoms with E-state index in [9.17, 15) is 8.78 Å². The summed E-state index contributed by atoms with van der Waals surface area (Å²) < 4.78 is 25.1. The van der Waals surface area contributed by atoms with Gasteiger partial charge in [-0.25, -0.2) is 8.78 Å². The van der Waals surface area contributed by atoms with Gasteiger partial charge < -0.3 is 0 Å². The summed E-state index contributed by atoms with van der Waals surface area (Å²) in [5, 5.41) is 0. The molecule has 0 unspecified atom stereocenters. The second kappa shape index (κ2) is 3.72. The predicted octanol–water partition coefficient (Wildman–Crippen LogP) is 1.69. The molecule has 1 rings (SSSR count). The predicted molar refractivity (Wildman–Crippen MR) is 44.4 cm³/mol. The van der Waals surface area contributed by atoms with E-state index >= 15 is 0 Å². The van der Waals surface area contributed by atoms with E-state index < -0.39 is 5.92 Å². The van der Waals surface area contributed by atoms with Gasteiger partial charge in [-0.2, -0.15) is 11.8 Å². The van der Waals surface area contributed by atoms with E-state index in [-0.39, 0.29) is 13.0 Å². The number of thioether (sulfide) groups is 1. The lowest BCUT2D eigenvalue weighted by Crippen LogP contribution is -2.27. The van der Waals surface area contributed by atoms with Gasteiger partial charge in [-0.3, -0.25) is 4.90 Å². The van der Waals surface area contributed by atoms with Crippen LogP contribution in [0.2, 0.25) is 0 Å². The van der Waals surface area contributed by atoms with Crippen molar-refractivity contribution in [3.05, 3.63) is 0 Å². The molecule has 0 radical (unpaired) electrons. The summed E-state index contributed by atoms with van der Waals surface area (Å²) in [6, 6.07) is 0. The average Bonchev–Trinajstić information content (AvgIpc) is 2.26. The summed E-state index contributed by atoms with van der Waals surface area (Å²) in [4.78, 5) is 1.83. The molecule has 0 saturated carbocycles. The Kier molecular flexibility index (Phi) is 3.13. The molecule has 0 aromatic rings. The lowest BCUT2D eigenvalue weighted by Gasteiger charge is -2.13. The first-order valence-electron chi connectivity index (χ1n) is 3.73. The van der Waals surface area contributed by atoms with Crippen molar-refractivity contribution in [3.63, 3.8) is 0 Å². The van der Waals surface area contributed by atoms with E-state index in [1.165, 1.54) is 0 Å². The smallest absolute Gasteiger partial charge is 0.261 e. The minimum Gasteiger partial charge on any atom is -0.296 e. The van der Waals surface area contributed by atoms with Crippen LogP contribution in [0.25, 0.3) is 0 Å². The second-order valence-corrected chi connectivity index (χ2v) is 3.86. The highest BCUT2D eigenvalue weighted by Crippen LogP contribution is 2.26. The SMILES string of the molecule is CSCCN1CCC(F)(F)C1. The molecule has 1 aliphatic rings. The van der Waals surface area contributed by atoms with Crippen LogP contribution < -0.4 is 0 Å². The molecule has 0 atom stereocenters. The molecular formula is C7H13F2NS. The first-order valence-corrected chi connectivity index (χ1v) is 5.12. The Balaban J connectivity index is 2.20. The van der Waals surface area contributed by atoms with Crippen LogP contribution in [0.1, 0.15) is 6.42 Å². The highest BCUT2D eigenvalue weighted by atomic mass is 32.2. The lowest BCUT2D eigenvalue weighted by atomic mass is 10.3. The van der Waals surface area contributed by atoms with Crippen molar-refractivity contribution in [3.8, 4) is 0 Å². The van der Waals surface area contributed by atoms with E-state index in [0.29, 0.717) is 6.54 Å². The van der Waals surface area contributed by atoms with Gasteiger partial charge in [0.25, 0.3) is 5.92 Å². The molecule has 1 saturated heterocycles. The molecule has 0 N–H and O–H groups in total. The van der Waals surface area contributed by atoms with Crippen LogP contribution in [0.3, 0.4) is 0 Å². The molecule has 4 heteroatoms. The van der Waals surface area contributed by atoms with Gasteiger partial charge in [0.15, 0.2) is 0 Å². The van der Waals surface area contributed by atoms with Crippen LogP contribution >= 0.6 is 11.8 Å². The van der Waals surface area contributed by atoms with Crippen LogP contribution in [-0.4, -0.2) is 42.5 Å². The zero-order chi connectivity index (χ0) is 8.32. The maximum absolute atomic E-state index is 12.6. The van der Waals surface area contributed by atoms with Crippen molar-refractivity contribution in [2.24, 2.45) is 0 Å². The second-order valence-electron chi connectivity index (χ2n) is 2.87. The molecule has 66 valence electrons. The van der Waals surface area contributed by atoms with Gasteiger partial charge in [-0.1, -0.05) is 0 Å². The molecule has 0 aliphatic carbocycles. The molecule has 0 aromatic carbocycles. The van der Waals surface area contributed by atoms with Crippen molar-refractivity contribution >= 4 is 11.8 Å². The minimum atomic E-state index is -2.42. The van der Waals surface area contributed by atoms with Crippen LogP contribution in [0.15, 0.2) is 0 Å². The van der Waals surface area contributed by atoms with Crippen molar-refractivity contribution in [1.29, 1.82) is 0 Å². The van der Waals surface area contributed by atoms with Crippen LogP contribution in [0, 0.1) is 0 Å². The van der Waals surface area contributed by atoms with Crippen LogP contribution in [0.5, 0.6) is 0 Å². The average molecular weight is 181 g/mol. The summed E-state index contributed by atoms with van der Waals surface area (Å²) in [6.45, 7) is 1.33. The van der Waals surface area contributed by atoms with Crippen molar-refractivity contribution in [2.45, 2.75) is 12.3 Å². The normalized spacial score (nSPS) is 24.3. The molecule has 1 fully saturated rings. The third kappa shape index (κ3) is 2.95. The van der Waals surface area contributed by atoms with E-state index in [0.717, 1.165) is 12.3 Å². The Morgan fingerprint density at radius 2 is 2.27 bits per heavy atom. The zero-order valence-corrected chi connectivity index (χ0v) is 7.46. The minimum absolute atomic E-state index is 0.0342. The lowest BCUT2D eigenvalue weighted by molar-refractivity contribution is 0.0128. The van der Waals surface area contributed by atoms with E-state index in [1.54, 1.807) is 11.8 Å². The zero-order valence-electron chi connectivity index (χ0n) is 6.65. The molecule has 1 nitrogen and oxygen atoms in total. The summed E-state index contributed by atoms with van der Waals surface area (Å²) >= 11 is 1.70. The molecule has 0 spiro atoms. The number of hydrogen-bond donors (Lipinski definition) is 0. The Bertz CT molecular complexity index is 130. The van der Waals surface area contributed by atoms with Crippen molar-refractivity contribution < 1.29 is 8.78 Å². The summed E-state index contributed by atoms with van der Waals surface area (Å²) in [6.07, 6.45) is 2.04. The highest BCUT2D eigenvalue weighted by molar-refractivity contribution is 7.98. The third-order valence-electron chi connectivity index (χ3n) is 1.86. The molecule has 0 aromatic heterocycles. The van der Waals surface area contributed by atoms with Gasteiger partial charge in [-0.05, 0) is 6.26 Å². The number of likely N-dealkylation sites (tertiary alicyclic amines) is 1. The largest absolute Gasteiger partial charge is 0.296 e. The fourth-order valence-electron chi connectivity index (χ4n) is 1.22. The Labute approximate surface area is 70.1 Å². The Hall–Kier alpha value is 0.170. The molecule has 11 heavy (non-hydrogen) atoms. The van der Waals surface area contributed by atoms with Crippen molar-refractivity contribution in [1.82, 2.24) is 4.90 Å². The summed E-state index contributed by atoms with van der Waals surface area (Å²) in [7, 11) is 0. The van der Waals surface area contributed by atoms with E-state index in [4.69, 9.17) is 0 Å². The van der Waals surface area contributed by atoms with E-state index in [2.05, 4.69) is 0 Å². The fourth-order valence-corrected chi connectivity index (χ4v) is 1.66. The van der Waals surface area contributed by atoms with Gasteiger partial charge >= 0.3 is 0 Å². The molecule has 0 bridgehead atoms. The Morgan fingerprint density at radius 3 is 2.73 bits per heavy atom. The van der Waals surface area contributed by atoms with Gasteiger partial charge in [0.1, 0.15) is 0 Å². The molecule has 0 amide bonds. The third-order valence-corrected chi connectivity index (χ3v) is 2.45. The molecule has 1 heterocycles. The van der Waals surface area contributed by atoms with Gasteiger partial charge in [0.2, 0.25) is 0 Å². The molecule has 1 aliphatic heterocycles. The number of alkyl halides is 2. The van der Waals surface area contributed by atoms with Gasteiger partial charge in [-0.15, -0.1) is 0 Å². The number of hydrogen-bond acceptors (Lipinski definition) is 2. The quantitative estimate of drug-likeness (QED) is 0.652. The fraction of sp³-hybridized carbons (Fsp3) is 1.00. The number of halogens is 2. The van der Waals surface area contributed by atoms with Gasteiger partial charge in [0, 0.05) is 25.3 Å².